The highest BCUT2D eigenvalue weighted by Gasteiger charge is 2.13. The second kappa shape index (κ2) is 8.31. The fourth-order valence-corrected chi connectivity index (χ4v) is 3.43. The number of benzene rings is 2. The SMILES string of the molecule is COc1cc2c(Nc3cccc4occc34)ncnc2cc1OCCCn1ccnn1. The van der Waals surface area contributed by atoms with E-state index in [1.165, 1.54) is 6.33 Å². The number of anilines is 2. The molecule has 0 fully saturated rings. The summed E-state index contributed by atoms with van der Waals surface area (Å²) in [4.78, 5) is 8.85. The number of rotatable bonds is 8. The number of methoxy groups -OCH3 is 1. The summed E-state index contributed by atoms with van der Waals surface area (Å²) in [6, 6.07) is 11.5. The van der Waals surface area contributed by atoms with Crippen LogP contribution < -0.4 is 14.8 Å². The Morgan fingerprint density at radius 1 is 1.10 bits per heavy atom. The Kier molecular flexibility index (Phi) is 5.05. The number of hydrogen-bond acceptors (Lipinski definition) is 8. The number of nitrogens with one attached hydrogen (secondary N) is 1. The molecule has 31 heavy (non-hydrogen) atoms. The molecule has 3 heterocycles. The maximum Gasteiger partial charge on any atom is 0.163 e. The Bertz CT molecular complexity index is 1320. The molecular formula is C22H20N6O3. The lowest BCUT2D eigenvalue weighted by atomic mass is 10.2. The average Bonchev–Trinajstić information content (AvgIpc) is 3.49. The van der Waals surface area contributed by atoms with Crippen LogP contribution in [0.4, 0.5) is 11.5 Å². The van der Waals surface area contributed by atoms with E-state index >= 15 is 0 Å². The van der Waals surface area contributed by atoms with Crippen molar-refractivity contribution >= 4 is 33.4 Å². The number of fused-ring (bicyclic) bond motifs is 2. The van der Waals surface area contributed by atoms with Gasteiger partial charge in [-0.3, -0.25) is 4.68 Å². The summed E-state index contributed by atoms with van der Waals surface area (Å²) in [5.74, 6) is 1.93. The smallest absolute Gasteiger partial charge is 0.163 e. The molecular weight excluding hydrogens is 396 g/mol. The second-order valence-electron chi connectivity index (χ2n) is 6.87. The molecule has 2 aromatic carbocycles. The first-order valence-corrected chi connectivity index (χ1v) is 9.85. The fourth-order valence-electron chi connectivity index (χ4n) is 3.43. The van der Waals surface area contributed by atoms with Crippen molar-refractivity contribution in [3.05, 3.63) is 61.4 Å². The third-order valence-corrected chi connectivity index (χ3v) is 4.93. The van der Waals surface area contributed by atoms with E-state index in [1.54, 1.807) is 24.3 Å². The van der Waals surface area contributed by atoms with Gasteiger partial charge in [0.2, 0.25) is 0 Å². The summed E-state index contributed by atoms with van der Waals surface area (Å²) in [5.41, 5.74) is 2.46. The van der Waals surface area contributed by atoms with E-state index in [0.29, 0.717) is 23.9 Å². The molecule has 0 aliphatic rings. The van der Waals surface area contributed by atoms with E-state index in [9.17, 15) is 0 Å². The van der Waals surface area contributed by atoms with Gasteiger partial charge >= 0.3 is 0 Å². The molecule has 0 spiro atoms. The lowest BCUT2D eigenvalue weighted by Crippen LogP contribution is -2.06. The third kappa shape index (κ3) is 3.85. The Morgan fingerprint density at radius 2 is 2.06 bits per heavy atom. The van der Waals surface area contributed by atoms with Crippen molar-refractivity contribution in [3.8, 4) is 11.5 Å². The molecule has 0 radical (unpaired) electrons. The maximum atomic E-state index is 5.96. The highest BCUT2D eigenvalue weighted by Crippen LogP contribution is 2.35. The van der Waals surface area contributed by atoms with Crippen LogP contribution in [0.25, 0.3) is 21.9 Å². The van der Waals surface area contributed by atoms with E-state index in [-0.39, 0.29) is 0 Å². The molecule has 5 rings (SSSR count). The van der Waals surface area contributed by atoms with Crippen molar-refractivity contribution in [3.63, 3.8) is 0 Å². The molecule has 9 heteroatoms. The lowest BCUT2D eigenvalue weighted by Gasteiger charge is -2.14. The van der Waals surface area contributed by atoms with E-state index in [0.717, 1.165) is 40.5 Å². The van der Waals surface area contributed by atoms with Gasteiger partial charge in [0.25, 0.3) is 0 Å². The molecule has 5 aromatic rings. The van der Waals surface area contributed by atoms with Gasteiger partial charge in [0.15, 0.2) is 11.5 Å². The van der Waals surface area contributed by atoms with Crippen molar-refractivity contribution in [2.75, 3.05) is 19.0 Å². The van der Waals surface area contributed by atoms with Gasteiger partial charge in [0.05, 0.1) is 37.4 Å². The number of aryl methyl sites for hydroxylation is 1. The first-order valence-electron chi connectivity index (χ1n) is 9.85. The summed E-state index contributed by atoms with van der Waals surface area (Å²) in [6.45, 7) is 1.24. The molecule has 9 nitrogen and oxygen atoms in total. The molecule has 1 N–H and O–H groups in total. The van der Waals surface area contributed by atoms with Crippen molar-refractivity contribution in [2.24, 2.45) is 0 Å². The molecule has 0 aliphatic heterocycles. The van der Waals surface area contributed by atoms with Crippen LogP contribution in [-0.4, -0.2) is 38.7 Å². The van der Waals surface area contributed by atoms with Gasteiger partial charge in [0, 0.05) is 36.0 Å². The molecule has 0 bridgehead atoms. The van der Waals surface area contributed by atoms with Crippen LogP contribution in [0.1, 0.15) is 6.42 Å². The normalized spacial score (nSPS) is 11.1. The number of nitrogens with zero attached hydrogens (tertiary/aromatic N) is 5. The highest BCUT2D eigenvalue weighted by atomic mass is 16.5. The fraction of sp³-hybridized carbons (Fsp3) is 0.182. The minimum Gasteiger partial charge on any atom is -0.493 e. The number of hydrogen-bond donors (Lipinski definition) is 1. The third-order valence-electron chi connectivity index (χ3n) is 4.93. The molecule has 0 aliphatic carbocycles. The number of ether oxygens (including phenoxy) is 2. The van der Waals surface area contributed by atoms with Crippen LogP contribution in [0, 0.1) is 0 Å². The van der Waals surface area contributed by atoms with Crippen LogP contribution in [0.15, 0.2) is 65.8 Å². The topological polar surface area (TPSA) is 100 Å². The first-order chi connectivity index (χ1) is 15.3. The molecule has 3 aromatic heterocycles. The molecule has 0 saturated heterocycles. The van der Waals surface area contributed by atoms with E-state index in [2.05, 4.69) is 25.6 Å². The molecule has 0 amide bonds. The van der Waals surface area contributed by atoms with Gasteiger partial charge in [0.1, 0.15) is 17.7 Å². The lowest BCUT2D eigenvalue weighted by molar-refractivity contribution is 0.280. The Labute approximate surface area is 177 Å². The molecule has 0 unspecified atom stereocenters. The summed E-state index contributed by atoms with van der Waals surface area (Å²) >= 11 is 0. The average molecular weight is 416 g/mol. The van der Waals surface area contributed by atoms with Crippen molar-refractivity contribution in [2.45, 2.75) is 13.0 Å². The van der Waals surface area contributed by atoms with E-state index in [1.807, 2.05) is 42.6 Å². The van der Waals surface area contributed by atoms with Gasteiger partial charge in [-0.1, -0.05) is 11.3 Å². The Morgan fingerprint density at radius 3 is 2.94 bits per heavy atom. The minimum absolute atomic E-state index is 0.514. The van der Waals surface area contributed by atoms with Crippen molar-refractivity contribution in [1.29, 1.82) is 0 Å². The second-order valence-corrected chi connectivity index (χ2v) is 6.87. The first kappa shape index (κ1) is 18.9. The van der Waals surface area contributed by atoms with Gasteiger partial charge in [-0.25, -0.2) is 9.97 Å². The zero-order chi connectivity index (χ0) is 21.0. The molecule has 0 atom stereocenters. The van der Waals surface area contributed by atoms with Crippen LogP contribution in [-0.2, 0) is 6.54 Å². The highest BCUT2D eigenvalue weighted by molar-refractivity contribution is 5.97. The van der Waals surface area contributed by atoms with Crippen LogP contribution in [0.5, 0.6) is 11.5 Å². The number of furan rings is 1. The molecule has 156 valence electrons. The Hall–Kier alpha value is -4.14. The summed E-state index contributed by atoms with van der Waals surface area (Å²) < 4.78 is 18.8. The zero-order valence-corrected chi connectivity index (χ0v) is 16.9. The van der Waals surface area contributed by atoms with Crippen molar-refractivity contribution in [1.82, 2.24) is 25.0 Å². The Balaban J connectivity index is 1.40. The predicted molar refractivity (Wildman–Crippen MR) is 116 cm³/mol. The quantitative estimate of drug-likeness (QED) is 0.376. The van der Waals surface area contributed by atoms with Gasteiger partial charge in [-0.15, -0.1) is 5.10 Å². The molecule has 0 saturated carbocycles. The van der Waals surface area contributed by atoms with Crippen molar-refractivity contribution < 1.29 is 13.9 Å². The zero-order valence-electron chi connectivity index (χ0n) is 16.9. The summed E-state index contributed by atoms with van der Waals surface area (Å²) in [5, 5.41) is 13.0. The minimum atomic E-state index is 0.514. The van der Waals surface area contributed by atoms with Crippen LogP contribution in [0.3, 0.4) is 0 Å². The number of aromatic nitrogens is 5. The van der Waals surface area contributed by atoms with E-state index < -0.39 is 0 Å². The largest absolute Gasteiger partial charge is 0.493 e. The van der Waals surface area contributed by atoms with Gasteiger partial charge in [-0.2, -0.15) is 0 Å². The van der Waals surface area contributed by atoms with E-state index in [4.69, 9.17) is 13.9 Å². The monoisotopic (exact) mass is 416 g/mol. The standard InChI is InChI=1S/C22H20N6O3/c1-29-20-12-16-18(13-21(20)30-10-3-8-28-9-7-25-27-28)23-14-24-22(16)26-17-4-2-5-19-15(17)6-11-31-19/h2,4-7,9,11-14H,3,8,10H2,1H3,(H,23,24,26). The maximum absolute atomic E-state index is 5.96. The van der Waals surface area contributed by atoms with Crippen LogP contribution in [0.2, 0.25) is 0 Å². The summed E-state index contributed by atoms with van der Waals surface area (Å²) in [6.07, 6.45) is 7.47. The summed E-state index contributed by atoms with van der Waals surface area (Å²) in [7, 11) is 1.62. The van der Waals surface area contributed by atoms with Crippen LogP contribution >= 0.6 is 0 Å². The van der Waals surface area contributed by atoms with Gasteiger partial charge < -0.3 is 19.2 Å². The predicted octanol–water partition coefficient (Wildman–Crippen LogP) is 4.19. The van der Waals surface area contributed by atoms with Gasteiger partial charge in [-0.05, 0) is 24.3 Å².